The molecule has 0 fully saturated rings. The number of rotatable bonds is 21. The summed E-state index contributed by atoms with van der Waals surface area (Å²) in [6, 6.07) is 0. The maximum Gasteiger partial charge on any atom is 0.207 e. The van der Waals surface area contributed by atoms with Crippen LogP contribution in [-0.2, 0) is 4.79 Å². The Hall–Kier alpha value is -1.46. The number of allylic oxidation sites excluding steroid dienone is 2. The predicted octanol–water partition coefficient (Wildman–Crippen LogP) is 5.21. The summed E-state index contributed by atoms with van der Waals surface area (Å²) in [6.45, 7) is 3.18. The van der Waals surface area contributed by atoms with E-state index in [1.807, 2.05) is 6.20 Å². The molecule has 0 aromatic rings. The topological polar surface area (TPSA) is 78.5 Å². The molecule has 0 saturated heterocycles. The maximum atomic E-state index is 11.1. The number of quaternary nitrogens is 1. The fraction of sp³-hybridized carbons (Fsp3) is 0.769. The van der Waals surface area contributed by atoms with Gasteiger partial charge in [0.25, 0.3) is 0 Å². The minimum Gasteiger partial charge on any atom is -0.544 e. The molecule has 1 unspecified atom stereocenters. The van der Waals surface area contributed by atoms with E-state index in [0.717, 1.165) is 31.5 Å². The lowest BCUT2D eigenvalue weighted by atomic mass is 10.1. The molecule has 0 amide bonds. The van der Waals surface area contributed by atoms with Crippen LogP contribution in [0, 0.1) is 0 Å². The van der Waals surface area contributed by atoms with Crippen LogP contribution in [-0.4, -0.2) is 35.9 Å². The van der Waals surface area contributed by atoms with E-state index in [2.05, 4.69) is 24.1 Å². The van der Waals surface area contributed by atoms with Crippen LogP contribution in [0.3, 0.4) is 0 Å². The number of carbonyl (C=O) groups excluding carboxylic acids is 1. The van der Waals surface area contributed by atoms with Gasteiger partial charge in [-0.1, -0.05) is 83.3 Å². The number of carboxylic acids is 1. The first kappa shape index (κ1) is 27.6. The Labute approximate surface area is 191 Å². The minimum atomic E-state index is -1.06. The summed E-state index contributed by atoms with van der Waals surface area (Å²) < 4.78 is 0.230. The van der Waals surface area contributed by atoms with Crippen molar-refractivity contribution in [1.82, 2.24) is 0 Å². The smallest absolute Gasteiger partial charge is 0.207 e. The van der Waals surface area contributed by atoms with Crippen molar-refractivity contribution >= 4 is 11.8 Å². The number of hydrogen-bond acceptors (Lipinski definition) is 4. The zero-order valence-corrected chi connectivity index (χ0v) is 20.0. The Kier molecular flexibility index (Phi) is 16.1. The average molecular weight is 434 g/mol. The van der Waals surface area contributed by atoms with Gasteiger partial charge in [0.05, 0.1) is 12.2 Å². The van der Waals surface area contributed by atoms with Crippen LogP contribution >= 0.6 is 0 Å². The summed E-state index contributed by atoms with van der Waals surface area (Å²) in [5.74, 6) is -0.155. The predicted molar refractivity (Wildman–Crippen MR) is 129 cm³/mol. The Morgan fingerprint density at radius 3 is 2.03 bits per heavy atom. The Balaban J connectivity index is 1.99. The summed E-state index contributed by atoms with van der Waals surface area (Å²) in [6.07, 6.45) is 28.7. The Morgan fingerprint density at radius 2 is 1.48 bits per heavy atom. The first-order valence-corrected chi connectivity index (χ1v) is 12.8. The molecule has 5 heteroatoms. The van der Waals surface area contributed by atoms with Crippen molar-refractivity contribution < 1.29 is 14.4 Å². The highest BCUT2D eigenvalue weighted by Gasteiger charge is 2.34. The molecule has 0 bridgehead atoms. The molecule has 0 aromatic heterocycles. The molecule has 1 aliphatic rings. The fourth-order valence-corrected chi connectivity index (χ4v) is 4.33. The average Bonchev–Trinajstić information content (AvgIpc) is 3.11. The van der Waals surface area contributed by atoms with Crippen molar-refractivity contribution in [2.45, 2.75) is 110 Å². The standard InChI is InChI=1S/C26H47N3O2/c1-2-3-4-5-6-7-8-9-10-11-12-13-14-15-16-17-18-19-25-28-21-23-29(25,22-20-27)24-26(30)31/h14-15,21,23H,2-13,16-20,22,24,27H2,1H3/b15-14+. The molecule has 0 spiro atoms. The van der Waals surface area contributed by atoms with Crippen LogP contribution < -0.4 is 10.8 Å². The molecule has 1 rings (SSSR count). The molecular formula is C26H47N3O2. The molecule has 1 heterocycles. The van der Waals surface area contributed by atoms with Crippen LogP contribution in [0.1, 0.15) is 110 Å². The lowest BCUT2D eigenvalue weighted by Crippen LogP contribution is -2.55. The van der Waals surface area contributed by atoms with E-state index in [1.54, 1.807) is 6.20 Å². The van der Waals surface area contributed by atoms with Crippen molar-refractivity contribution in [3.8, 4) is 0 Å². The van der Waals surface area contributed by atoms with Gasteiger partial charge in [-0.15, -0.1) is 0 Å². The first-order chi connectivity index (χ1) is 15.1. The van der Waals surface area contributed by atoms with Gasteiger partial charge in [-0.05, 0) is 32.1 Å². The number of unbranched alkanes of at least 4 members (excludes halogenated alkanes) is 13. The number of hydrogen-bond donors (Lipinski definition) is 1. The highest BCUT2D eigenvalue weighted by molar-refractivity contribution is 5.80. The van der Waals surface area contributed by atoms with Crippen LogP contribution in [0.15, 0.2) is 29.5 Å². The molecule has 1 aliphatic heterocycles. The van der Waals surface area contributed by atoms with Crippen LogP contribution in [0.5, 0.6) is 0 Å². The molecule has 0 aromatic carbocycles. The second kappa shape index (κ2) is 18.1. The van der Waals surface area contributed by atoms with E-state index in [4.69, 9.17) is 5.73 Å². The molecular weight excluding hydrogens is 386 g/mol. The van der Waals surface area contributed by atoms with E-state index in [0.29, 0.717) is 13.1 Å². The number of nitrogens with zero attached hydrogens (tertiary/aromatic N) is 2. The van der Waals surface area contributed by atoms with Gasteiger partial charge in [0, 0.05) is 13.0 Å². The van der Waals surface area contributed by atoms with E-state index < -0.39 is 5.97 Å². The Bertz CT molecular complexity index is 557. The third kappa shape index (κ3) is 12.9. The maximum absolute atomic E-state index is 11.1. The number of amidine groups is 1. The summed E-state index contributed by atoms with van der Waals surface area (Å²) in [7, 11) is 0. The van der Waals surface area contributed by atoms with Crippen LogP contribution in [0.25, 0.3) is 0 Å². The van der Waals surface area contributed by atoms with Gasteiger partial charge in [-0.2, -0.15) is 0 Å². The van der Waals surface area contributed by atoms with Gasteiger partial charge in [0.2, 0.25) is 5.84 Å². The molecule has 31 heavy (non-hydrogen) atoms. The van der Waals surface area contributed by atoms with E-state index in [-0.39, 0.29) is 11.0 Å². The molecule has 0 radical (unpaired) electrons. The zero-order valence-electron chi connectivity index (χ0n) is 20.0. The van der Waals surface area contributed by atoms with E-state index in [1.165, 1.54) is 77.0 Å². The SMILES string of the molecule is CCCCCCCCCCCCC/C=C/CCCCC1=NC=C[N+]1(CCN)CC(=O)[O-]. The zero-order chi connectivity index (χ0) is 22.6. The summed E-state index contributed by atoms with van der Waals surface area (Å²) in [4.78, 5) is 15.6. The molecule has 2 N–H and O–H groups in total. The van der Waals surface area contributed by atoms with Crippen molar-refractivity contribution in [2.75, 3.05) is 19.6 Å². The molecule has 1 atom stereocenters. The van der Waals surface area contributed by atoms with Gasteiger partial charge >= 0.3 is 0 Å². The second-order valence-corrected chi connectivity index (χ2v) is 8.96. The third-order valence-electron chi connectivity index (χ3n) is 6.19. The van der Waals surface area contributed by atoms with Crippen LogP contribution in [0.2, 0.25) is 0 Å². The van der Waals surface area contributed by atoms with Crippen molar-refractivity contribution in [2.24, 2.45) is 10.7 Å². The van der Waals surface area contributed by atoms with Crippen molar-refractivity contribution in [3.05, 3.63) is 24.6 Å². The molecule has 0 aliphatic carbocycles. The molecule has 5 nitrogen and oxygen atoms in total. The van der Waals surface area contributed by atoms with Gasteiger partial charge < -0.3 is 15.6 Å². The summed E-state index contributed by atoms with van der Waals surface area (Å²) in [5.41, 5.74) is 5.70. The van der Waals surface area contributed by atoms with Gasteiger partial charge in [-0.3, -0.25) is 0 Å². The minimum absolute atomic E-state index is 0.0780. The molecule has 0 saturated carbocycles. The fourth-order valence-electron chi connectivity index (χ4n) is 4.33. The third-order valence-corrected chi connectivity index (χ3v) is 6.19. The summed E-state index contributed by atoms with van der Waals surface area (Å²) in [5, 5.41) is 11.1. The van der Waals surface area contributed by atoms with E-state index >= 15 is 0 Å². The number of aliphatic carboxylic acids is 1. The van der Waals surface area contributed by atoms with Gasteiger partial charge in [0.1, 0.15) is 19.3 Å². The van der Waals surface area contributed by atoms with Crippen molar-refractivity contribution in [3.63, 3.8) is 0 Å². The van der Waals surface area contributed by atoms with E-state index in [9.17, 15) is 9.90 Å². The number of carboxylic acid groups (broad SMARTS) is 1. The lowest BCUT2D eigenvalue weighted by Gasteiger charge is -2.32. The Morgan fingerprint density at radius 1 is 0.935 bits per heavy atom. The van der Waals surface area contributed by atoms with Crippen LogP contribution in [0.4, 0.5) is 0 Å². The normalized spacial score (nSPS) is 18.2. The lowest BCUT2D eigenvalue weighted by molar-refractivity contribution is -0.780. The largest absolute Gasteiger partial charge is 0.544 e. The van der Waals surface area contributed by atoms with Gasteiger partial charge in [0.15, 0.2) is 0 Å². The monoisotopic (exact) mass is 433 g/mol. The number of nitrogens with two attached hydrogens (primary N) is 1. The number of carbonyl (C=O) groups is 1. The van der Waals surface area contributed by atoms with Crippen molar-refractivity contribution in [1.29, 1.82) is 0 Å². The molecule has 178 valence electrons. The van der Waals surface area contributed by atoms with Gasteiger partial charge in [-0.25, -0.2) is 9.48 Å². The second-order valence-electron chi connectivity index (χ2n) is 8.96. The quantitative estimate of drug-likeness (QED) is 0.153. The highest BCUT2D eigenvalue weighted by Crippen LogP contribution is 2.20. The number of aliphatic imine (C=N–C) groups is 1. The summed E-state index contributed by atoms with van der Waals surface area (Å²) >= 11 is 0. The highest BCUT2D eigenvalue weighted by atomic mass is 16.4. The first-order valence-electron chi connectivity index (χ1n) is 12.8.